The van der Waals surface area contributed by atoms with E-state index >= 15 is 0 Å². The Kier molecular flexibility index (Phi) is 5.55. The first-order valence-electron chi connectivity index (χ1n) is 7.81. The summed E-state index contributed by atoms with van der Waals surface area (Å²) in [4.78, 5) is 26.0. The molecule has 5 nitrogen and oxygen atoms in total. The van der Waals surface area contributed by atoms with E-state index in [4.69, 9.17) is 0 Å². The number of hydrogen-bond donors (Lipinski definition) is 2. The summed E-state index contributed by atoms with van der Waals surface area (Å²) in [5.74, 6) is -0.0455. The third-order valence-corrected chi connectivity index (χ3v) is 4.32. The van der Waals surface area contributed by atoms with E-state index in [-0.39, 0.29) is 24.3 Å². The molecule has 0 bridgehead atoms. The van der Waals surface area contributed by atoms with E-state index < -0.39 is 0 Å². The van der Waals surface area contributed by atoms with Crippen molar-refractivity contribution in [1.29, 1.82) is 0 Å². The molecule has 1 saturated heterocycles. The van der Waals surface area contributed by atoms with Crippen molar-refractivity contribution in [3.05, 3.63) is 29.3 Å². The van der Waals surface area contributed by atoms with Gasteiger partial charge in [-0.25, -0.2) is 0 Å². The lowest BCUT2D eigenvalue weighted by atomic mass is 9.97. The molecule has 1 heterocycles. The van der Waals surface area contributed by atoms with Crippen molar-refractivity contribution in [3.8, 4) is 0 Å². The van der Waals surface area contributed by atoms with Gasteiger partial charge in [0.25, 0.3) is 0 Å². The van der Waals surface area contributed by atoms with Gasteiger partial charge in [-0.2, -0.15) is 0 Å². The van der Waals surface area contributed by atoms with Crippen LogP contribution < -0.4 is 10.6 Å². The molecule has 1 aromatic carbocycles. The Morgan fingerprint density at radius 2 is 1.95 bits per heavy atom. The summed E-state index contributed by atoms with van der Waals surface area (Å²) >= 11 is 0. The molecule has 1 aromatic rings. The average Bonchev–Trinajstić information content (AvgIpc) is 2.52. The Labute approximate surface area is 132 Å². The molecule has 1 fully saturated rings. The van der Waals surface area contributed by atoms with Crippen LogP contribution in [-0.2, 0) is 9.59 Å². The normalized spacial score (nSPS) is 15.4. The van der Waals surface area contributed by atoms with Crippen molar-refractivity contribution in [3.63, 3.8) is 0 Å². The number of nitrogens with zero attached hydrogens (tertiary/aromatic N) is 1. The van der Waals surface area contributed by atoms with Gasteiger partial charge >= 0.3 is 0 Å². The monoisotopic (exact) mass is 303 g/mol. The first-order valence-corrected chi connectivity index (χ1v) is 7.81. The maximum absolute atomic E-state index is 12.3. The van der Waals surface area contributed by atoms with Crippen LogP contribution in [0, 0.1) is 19.8 Å². The van der Waals surface area contributed by atoms with E-state index in [0.29, 0.717) is 0 Å². The number of amides is 2. The lowest BCUT2D eigenvalue weighted by Crippen LogP contribution is -2.42. The third-order valence-electron chi connectivity index (χ3n) is 4.32. The van der Waals surface area contributed by atoms with Gasteiger partial charge < -0.3 is 15.5 Å². The zero-order valence-electron chi connectivity index (χ0n) is 13.6. The second-order valence-electron chi connectivity index (χ2n) is 6.01. The van der Waals surface area contributed by atoms with Gasteiger partial charge in [0.1, 0.15) is 0 Å². The summed E-state index contributed by atoms with van der Waals surface area (Å²) in [5.41, 5.74) is 3.01. The van der Waals surface area contributed by atoms with Crippen LogP contribution in [0.2, 0.25) is 0 Å². The van der Waals surface area contributed by atoms with E-state index in [1.807, 2.05) is 32.0 Å². The van der Waals surface area contributed by atoms with E-state index in [1.165, 1.54) is 4.90 Å². The summed E-state index contributed by atoms with van der Waals surface area (Å²) in [6.45, 7) is 5.83. The molecule has 120 valence electrons. The Balaban J connectivity index is 1.90. The van der Waals surface area contributed by atoms with Gasteiger partial charge in [-0.15, -0.1) is 0 Å². The number of likely N-dealkylation sites (N-methyl/N-ethyl adjacent to an activating group) is 1. The van der Waals surface area contributed by atoms with Crippen LogP contribution in [0.5, 0.6) is 0 Å². The third kappa shape index (κ3) is 4.07. The highest BCUT2D eigenvalue weighted by Crippen LogP contribution is 2.18. The maximum Gasteiger partial charge on any atom is 0.243 e. The number of aryl methyl sites for hydroxylation is 1. The van der Waals surface area contributed by atoms with Gasteiger partial charge in [0, 0.05) is 18.7 Å². The van der Waals surface area contributed by atoms with E-state index in [2.05, 4.69) is 10.6 Å². The predicted octanol–water partition coefficient (Wildman–Crippen LogP) is 1.70. The number of piperidine rings is 1. The maximum atomic E-state index is 12.3. The van der Waals surface area contributed by atoms with Gasteiger partial charge in [0.05, 0.1) is 6.54 Å². The van der Waals surface area contributed by atoms with E-state index in [9.17, 15) is 9.59 Å². The molecule has 1 aliphatic rings. The lowest BCUT2D eigenvalue weighted by molar-refractivity contribution is -0.137. The molecule has 1 aliphatic heterocycles. The molecule has 2 N–H and O–H groups in total. The standard InChI is InChI=1S/C17H25N3O2/c1-12-5-4-6-15(13(12)2)19-16(21)11-20(3)17(22)14-7-9-18-10-8-14/h4-6,14,18H,7-11H2,1-3H3,(H,19,21). The quantitative estimate of drug-likeness (QED) is 0.890. The molecule has 0 unspecified atom stereocenters. The molecule has 2 amide bonds. The van der Waals surface area contributed by atoms with Crippen molar-refractivity contribution in [2.24, 2.45) is 5.92 Å². The zero-order chi connectivity index (χ0) is 16.1. The van der Waals surface area contributed by atoms with Crippen molar-refractivity contribution in [1.82, 2.24) is 10.2 Å². The highest BCUT2D eigenvalue weighted by Gasteiger charge is 2.25. The van der Waals surface area contributed by atoms with Crippen LogP contribution in [0.25, 0.3) is 0 Å². The van der Waals surface area contributed by atoms with Crippen LogP contribution >= 0.6 is 0 Å². The Hall–Kier alpha value is -1.88. The molecule has 5 heteroatoms. The Bertz CT molecular complexity index is 551. The number of anilines is 1. The fourth-order valence-corrected chi connectivity index (χ4v) is 2.75. The van der Waals surface area contributed by atoms with Gasteiger partial charge in [-0.05, 0) is 57.0 Å². The van der Waals surface area contributed by atoms with Gasteiger partial charge in [0.15, 0.2) is 0 Å². The Morgan fingerprint density at radius 1 is 1.27 bits per heavy atom. The first-order chi connectivity index (χ1) is 10.5. The minimum atomic E-state index is -0.154. The minimum absolute atomic E-state index is 0.0414. The number of carbonyl (C=O) groups is 2. The molecule has 0 radical (unpaired) electrons. The van der Waals surface area contributed by atoms with Crippen molar-refractivity contribution in [2.75, 3.05) is 32.0 Å². The van der Waals surface area contributed by atoms with E-state index in [1.54, 1.807) is 7.05 Å². The summed E-state index contributed by atoms with van der Waals surface area (Å²) in [5, 5.41) is 6.14. The van der Waals surface area contributed by atoms with Gasteiger partial charge in [-0.3, -0.25) is 9.59 Å². The summed E-state index contributed by atoms with van der Waals surface area (Å²) in [7, 11) is 1.70. The lowest BCUT2D eigenvalue weighted by Gasteiger charge is -2.26. The number of carbonyl (C=O) groups excluding carboxylic acids is 2. The smallest absolute Gasteiger partial charge is 0.243 e. The van der Waals surface area contributed by atoms with Crippen molar-refractivity contribution >= 4 is 17.5 Å². The summed E-state index contributed by atoms with van der Waals surface area (Å²) in [6.07, 6.45) is 1.70. The number of rotatable bonds is 4. The highest BCUT2D eigenvalue weighted by atomic mass is 16.2. The molecular weight excluding hydrogens is 278 g/mol. The van der Waals surface area contributed by atoms with Gasteiger partial charge in [-0.1, -0.05) is 12.1 Å². The molecular formula is C17H25N3O2. The first kappa shape index (κ1) is 16.5. The Morgan fingerprint density at radius 3 is 2.64 bits per heavy atom. The SMILES string of the molecule is Cc1cccc(NC(=O)CN(C)C(=O)C2CCNCC2)c1C. The van der Waals surface area contributed by atoms with Crippen LogP contribution in [0.4, 0.5) is 5.69 Å². The molecule has 0 spiro atoms. The highest BCUT2D eigenvalue weighted by molar-refractivity contribution is 5.95. The average molecular weight is 303 g/mol. The second kappa shape index (κ2) is 7.40. The number of benzene rings is 1. The van der Waals surface area contributed by atoms with E-state index in [0.717, 1.165) is 42.7 Å². The van der Waals surface area contributed by atoms with Crippen molar-refractivity contribution < 1.29 is 9.59 Å². The van der Waals surface area contributed by atoms with Crippen LogP contribution in [0.15, 0.2) is 18.2 Å². The molecule has 2 rings (SSSR count). The molecule has 22 heavy (non-hydrogen) atoms. The van der Waals surface area contributed by atoms with Crippen LogP contribution in [-0.4, -0.2) is 43.4 Å². The van der Waals surface area contributed by atoms with Gasteiger partial charge in [0.2, 0.25) is 11.8 Å². The largest absolute Gasteiger partial charge is 0.336 e. The molecule has 0 atom stereocenters. The fraction of sp³-hybridized carbons (Fsp3) is 0.529. The predicted molar refractivity (Wildman–Crippen MR) is 87.8 cm³/mol. The topological polar surface area (TPSA) is 61.4 Å². The molecule has 0 aliphatic carbocycles. The fourth-order valence-electron chi connectivity index (χ4n) is 2.75. The van der Waals surface area contributed by atoms with Crippen LogP contribution in [0.1, 0.15) is 24.0 Å². The molecule has 0 saturated carbocycles. The second-order valence-corrected chi connectivity index (χ2v) is 6.01. The number of hydrogen-bond acceptors (Lipinski definition) is 3. The molecule has 0 aromatic heterocycles. The van der Waals surface area contributed by atoms with Crippen molar-refractivity contribution in [2.45, 2.75) is 26.7 Å². The summed E-state index contributed by atoms with van der Waals surface area (Å²) < 4.78 is 0. The zero-order valence-corrected chi connectivity index (χ0v) is 13.6. The number of nitrogens with one attached hydrogen (secondary N) is 2. The van der Waals surface area contributed by atoms with Crippen LogP contribution in [0.3, 0.4) is 0 Å². The summed E-state index contributed by atoms with van der Waals surface area (Å²) in [6, 6.07) is 5.81. The minimum Gasteiger partial charge on any atom is -0.336 e.